The lowest BCUT2D eigenvalue weighted by atomic mass is 10.2. The lowest BCUT2D eigenvalue weighted by Crippen LogP contribution is -2.43. The largest absolute Gasteiger partial charge is 0.469 e. The van der Waals surface area contributed by atoms with Gasteiger partial charge in [0, 0.05) is 32.0 Å². The van der Waals surface area contributed by atoms with Crippen LogP contribution in [-0.2, 0) is 16.0 Å². The quantitative estimate of drug-likeness (QED) is 0.754. The summed E-state index contributed by atoms with van der Waals surface area (Å²) < 4.78 is 18.6. The maximum absolute atomic E-state index is 13.4. The second-order valence-corrected chi connectivity index (χ2v) is 5.27. The monoisotopic (exact) mass is 297 g/mol. The van der Waals surface area contributed by atoms with Gasteiger partial charge in [-0.25, -0.2) is 4.39 Å². The highest BCUT2D eigenvalue weighted by Crippen LogP contribution is 2.19. The van der Waals surface area contributed by atoms with E-state index in [-0.39, 0.29) is 25.0 Å². The topological polar surface area (TPSA) is 88.6 Å². The maximum atomic E-state index is 13.4. The molecule has 1 aromatic rings. The SMILES string of the molecule is NC(=O)CN1C[C@@H](F)C[C@H]1CNC(=O)CCc1ccco1. The van der Waals surface area contributed by atoms with E-state index in [9.17, 15) is 14.0 Å². The third-order valence-electron chi connectivity index (χ3n) is 3.55. The summed E-state index contributed by atoms with van der Waals surface area (Å²) in [4.78, 5) is 24.4. The molecule has 21 heavy (non-hydrogen) atoms. The molecule has 1 aliphatic rings. The van der Waals surface area contributed by atoms with E-state index in [0.717, 1.165) is 5.76 Å². The van der Waals surface area contributed by atoms with Crippen molar-refractivity contribution in [3.8, 4) is 0 Å². The number of furan rings is 1. The van der Waals surface area contributed by atoms with Gasteiger partial charge in [-0.3, -0.25) is 14.5 Å². The van der Waals surface area contributed by atoms with Crippen molar-refractivity contribution in [3.05, 3.63) is 24.2 Å². The number of likely N-dealkylation sites (tertiary alicyclic amines) is 1. The Labute approximate surface area is 122 Å². The fourth-order valence-electron chi connectivity index (χ4n) is 2.54. The summed E-state index contributed by atoms with van der Waals surface area (Å²) >= 11 is 0. The Balaban J connectivity index is 1.73. The number of hydrogen-bond acceptors (Lipinski definition) is 4. The van der Waals surface area contributed by atoms with Gasteiger partial charge in [0.15, 0.2) is 0 Å². The van der Waals surface area contributed by atoms with Gasteiger partial charge in [0.1, 0.15) is 11.9 Å². The molecule has 0 unspecified atom stereocenters. The van der Waals surface area contributed by atoms with E-state index in [1.54, 1.807) is 17.2 Å². The zero-order valence-electron chi connectivity index (χ0n) is 11.8. The number of primary amides is 1. The molecule has 2 atom stereocenters. The Morgan fingerprint density at radius 1 is 1.52 bits per heavy atom. The van der Waals surface area contributed by atoms with Crippen LogP contribution in [0.4, 0.5) is 4.39 Å². The standard InChI is InChI=1S/C14H20FN3O3/c15-10-6-11(18(8-10)9-13(16)19)7-17-14(20)4-3-12-2-1-5-21-12/h1-2,5,10-11H,3-4,6-9H2,(H2,16,19)(H,17,20)/t10-,11-/m0/s1. The number of carbonyl (C=O) groups is 2. The van der Waals surface area contributed by atoms with Gasteiger partial charge in [-0.2, -0.15) is 0 Å². The number of nitrogens with one attached hydrogen (secondary N) is 1. The second kappa shape index (κ2) is 7.21. The van der Waals surface area contributed by atoms with E-state index < -0.39 is 12.1 Å². The summed E-state index contributed by atoms with van der Waals surface area (Å²) in [6.45, 7) is 0.536. The van der Waals surface area contributed by atoms with Crippen LogP contribution in [0.15, 0.2) is 22.8 Å². The molecule has 2 amide bonds. The van der Waals surface area contributed by atoms with Gasteiger partial charge in [-0.05, 0) is 18.6 Å². The Bertz CT molecular complexity index is 478. The number of hydrogen-bond donors (Lipinski definition) is 2. The van der Waals surface area contributed by atoms with Crippen molar-refractivity contribution < 1.29 is 18.4 Å². The van der Waals surface area contributed by atoms with Gasteiger partial charge in [-0.15, -0.1) is 0 Å². The molecule has 0 saturated carbocycles. The van der Waals surface area contributed by atoms with Crippen LogP contribution < -0.4 is 11.1 Å². The van der Waals surface area contributed by atoms with Gasteiger partial charge in [-0.1, -0.05) is 0 Å². The minimum atomic E-state index is -0.977. The zero-order valence-corrected chi connectivity index (χ0v) is 11.8. The first-order chi connectivity index (χ1) is 10.0. The van der Waals surface area contributed by atoms with Crippen molar-refractivity contribution in [1.82, 2.24) is 10.2 Å². The molecule has 0 aliphatic carbocycles. The number of halogens is 1. The fraction of sp³-hybridized carbons (Fsp3) is 0.571. The average molecular weight is 297 g/mol. The number of nitrogens with zero attached hydrogens (tertiary/aromatic N) is 1. The van der Waals surface area contributed by atoms with Crippen LogP contribution in [0.1, 0.15) is 18.6 Å². The van der Waals surface area contributed by atoms with Gasteiger partial charge < -0.3 is 15.5 Å². The van der Waals surface area contributed by atoms with Crippen LogP contribution in [0, 0.1) is 0 Å². The highest BCUT2D eigenvalue weighted by Gasteiger charge is 2.32. The van der Waals surface area contributed by atoms with Crippen LogP contribution in [-0.4, -0.2) is 48.6 Å². The van der Waals surface area contributed by atoms with Crippen LogP contribution in [0.3, 0.4) is 0 Å². The van der Waals surface area contributed by atoms with E-state index in [0.29, 0.717) is 25.8 Å². The van der Waals surface area contributed by atoms with Gasteiger partial charge in [0.25, 0.3) is 0 Å². The molecule has 0 radical (unpaired) electrons. The highest BCUT2D eigenvalue weighted by atomic mass is 19.1. The molecule has 1 aliphatic heterocycles. The minimum Gasteiger partial charge on any atom is -0.469 e. The molecule has 6 nitrogen and oxygen atoms in total. The summed E-state index contributed by atoms with van der Waals surface area (Å²) in [7, 11) is 0. The van der Waals surface area contributed by atoms with Crippen LogP contribution >= 0.6 is 0 Å². The molecule has 2 heterocycles. The van der Waals surface area contributed by atoms with Gasteiger partial charge in [0.2, 0.25) is 11.8 Å². The summed E-state index contributed by atoms with van der Waals surface area (Å²) in [5.74, 6) is 0.149. The Morgan fingerprint density at radius 2 is 2.33 bits per heavy atom. The van der Waals surface area contributed by atoms with Crippen LogP contribution in [0.2, 0.25) is 0 Å². The predicted molar refractivity (Wildman–Crippen MR) is 74.1 cm³/mol. The molecule has 1 fully saturated rings. The molecular weight excluding hydrogens is 277 g/mol. The summed E-state index contributed by atoms with van der Waals surface area (Å²) in [5.41, 5.74) is 5.14. The number of rotatable bonds is 7. The third kappa shape index (κ3) is 4.86. The van der Waals surface area contributed by atoms with Crippen molar-refractivity contribution in [2.45, 2.75) is 31.5 Å². The number of carbonyl (C=O) groups excluding carboxylic acids is 2. The third-order valence-corrected chi connectivity index (χ3v) is 3.55. The lowest BCUT2D eigenvalue weighted by Gasteiger charge is -2.22. The van der Waals surface area contributed by atoms with E-state index >= 15 is 0 Å². The highest BCUT2D eigenvalue weighted by molar-refractivity contribution is 5.76. The number of alkyl halides is 1. The Morgan fingerprint density at radius 3 is 3.00 bits per heavy atom. The van der Waals surface area contributed by atoms with Crippen molar-refractivity contribution in [3.63, 3.8) is 0 Å². The number of aryl methyl sites for hydroxylation is 1. The van der Waals surface area contributed by atoms with Gasteiger partial charge >= 0.3 is 0 Å². The first-order valence-corrected chi connectivity index (χ1v) is 7.00. The molecule has 7 heteroatoms. The average Bonchev–Trinajstić information content (AvgIpc) is 3.03. The Kier molecular flexibility index (Phi) is 5.32. The van der Waals surface area contributed by atoms with Crippen molar-refractivity contribution in [2.24, 2.45) is 5.73 Å². The molecular formula is C14H20FN3O3. The molecule has 0 aromatic carbocycles. The minimum absolute atomic E-state index is 0.0212. The molecule has 1 saturated heterocycles. The van der Waals surface area contributed by atoms with Crippen molar-refractivity contribution in [2.75, 3.05) is 19.6 Å². The van der Waals surface area contributed by atoms with E-state index in [2.05, 4.69) is 5.32 Å². The normalized spacial score (nSPS) is 22.3. The first kappa shape index (κ1) is 15.5. The summed E-state index contributed by atoms with van der Waals surface area (Å²) in [5, 5.41) is 2.77. The lowest BCUT2D eigenvalue weighted by molar-refractivity contribution is -0.121. The molecule has 0 spiro atoms. The molecule has 0 bridgehead atoms. The summed E-state index contributed by atoms with van der Waals surface area (Å²) in [6.07, 6.45) is 1.74. The van der Waals surface area contributed by atoms with Crippen molar-refractivity contribution >= 4 is 11.8 Å². The molecule has 116 valence electrons. The second-order valence-electron chi connectivity index (χ2n) is 5.27. The smallest absolute Gasteiger partial charge is 0.231 e. The number of nitrogens with two attached hydrogens (primary N) is 1. The maximum Gasteiger partial charge on any atom is 0.231 e. The van der Waals surface area contributed by atoms with Crippen LogP contribution in [0.25, 0.3) is 0 Å². The van der Waals surface area contributed by atoms with E-state index in [1.807, 2.05) is 6.07 Å². The Hall–Kier alpha value is -1.89. The number of amides is 2. The van der Waals surface area contributed by atoms with E-state index in [4.69, 9.17) is 10.2 Å². The first-order valence-electron chi connectivity index (χ1n) is 7.00. The van der Waals surface area contributed by atoms with E-state index in [1.165, 1.54) is 0 Å². The predicted octanol–water partition coefficient (Wildman–Crippen LogP) is 0.226. The molecule has 3 N–H and O–H groups in total. The summed E-state index contributed by atoms with van der Waals surface area (Å²) in [6, 6.07) is 3.40. The van der Waals surface area contributed by atoms with Crippen LogP contribution in [0.5, 0.6) is 0 Å². The zero-order chi connectivity index (χ0) is 15.2. The molecule has 2 rings (SSSR count). The van der Waals surface area contributed by atoms with Gasteiger partial charge in [0.05, 0.1) is 12.8 Å². The van der Waals surface area contributed by atoms with Crippen molar-refractivity contribution in [1.29, 1.82) is 0 Å². The fourth-order valence-corrected chi connectivity index (χ4v) is 2.54. The molecule has 1 aromatic heterocycles.